The van der Waals surface area contributed by atoms with Gasteiger partial charge in [-0.3, -0.25) is 24.4 Å². The standard InChI is InChI=1S/C27H37FN6O2/c1-27(2,3)23-17-24(34(31-23)22-10-5-4-6-11-22)30-26(36)19-33-14-12-32(13-15-33)18-25(35)29-21-9-7-8-20(28)16-21/h4-11,16,23-24,31H,12-15,17-19H2,1-3H3,(H,29,35)(H,30,36). The fourth-order valence-electron chi connectivity index (χ4n) is 4.66. The quantitative estimate of drug-likeness (QED) is 0.547. The number of nitrogens with zero attached hydrogens (tertiary/aromatic N) is 3. The van der Waals surface area contributed by atoms with E-state index in [0.717, 1.165) is 12.1 Å². The van der Waals surface area contributed by atoms with Gasteiger partial charge in [-0.15, -0.1) is 0 Å². The Labute approximate surface area is 212 Å². The number of nitrogens with one attached hydrogen (secondary N) is 3. The zero-order valence-electron chi connectivity index (χ0n) is 21.3. The summed E-state index contributed by atoms with van der Waals surface area (Å²) in [5, 5.41) is 8.04. The number of benzene rings is 2. The molecule has 0 aliphatic carbocycles. The maximum atomic E-state index is 13.3. The third-order valence-corrected chi connectivity index (χ3v) is 6.78. The van der Waals surface area contributed by atoms with Crippen molar-refractivity contribution in [3.8, 4) is 0 Å². The van der Waals surface area contributed by atoms with Gasteiger partial charge in [0.2, 0.25) is 11.8 Å². The van der Waals surface area contributed by atoms with Crippen molar-refractivity contribution in [2.24, 2.45) is 5.41 Å². The van der Waals surface area contributed by atoms with E-state index in [1.54, 1.807) is 12.1 Å². The molecule has 2 aromatic carbocycles. The third-order valence-electron chi connectivity index (χ3n) is 6.78. The summed E-state index contributed by atoms with van der Waals surface area (Å²) in [6.07, 6.45) is 0.690. The first-order chi connectivity index (χ1) is 17.2. The summed E-state index contributed by atoms with van der Waals surface area (Å²) < 4.78 is 13.3. The molecule has 9 heteroatoms. The van der Waals surface area contributed by atoms with E-state index < -0.39 is 0 Å². The number of carbonyl (C=O) groups is 2. The van der Waals surface area contributed by atoms with Gasteiger partial charge in [-0.05, 0) is 35.7 Å². The SMILES string of the molecule is CC(C)(C)C1CC(NC(=O)CN2CCN(CC(=O)Nc3cccc(F)c3)CC2)N(c2ccccc2)N1. The lowest BCUT2D eigenvalue weighted by Crippen LogP contribution is -2.54. The Hall–Kier alpha value is -3.01. The van der Waals surface area contributed by atoms with E-state index in [2.05, 4.69) is 51.6 Å². The molecule has 2 aliphatic heterocycles. The van der Waals surface area contributed by atoms with Crippen molar-refractivity contribution in [2.75, 3.05) is 49.6 Å². The molecule has 2 atom stereocenters. The lowest BCUT2D eigenvalue weighted by atomic mass is 9.85. The van der Waals surface area contributed by atoms with Gasteiger partial charge in [-0.2, -0.15) is 0 Å². The molecule has 0 aromatic heterocycles. The summed E-state index contributed by atoms with van der Waals surface area (Å²) in [6, 6.07) is 16.2. The first-order valence-corrected chi connectivity index (χ1v) is 12.6. The molecule has 2 aliphatic rings. The van der Waals surface area contributed by atoms with Gasteiger partial charge in [0.1, 0.15) is 12.0 Å². The monoisotopic (exact) mass is 496 g/mol. The second-order valence-corrected chi connectivity index (χ2v) is 10.7. The van der Waals surface area contributed by atoms with E-state index in [4.69, 9.17) is 0 Å². The Balaban J connectivity index is 1.24. The maximum absolute atomic E-state index is 13.3. The van der Waals surface area contributed by atoms with E-state index >= 15 is 0 Å². The lowest BCUT2D eigenvalue weighted by Gasteiger charge is -2.34. The van der Waals surface area contributed by atoms with Crippen molar-refractivity contribution < 1.29 is 14.0 Å². The number of rotatable bonds is 7. The number of piperazine rings is 1. The lowest BCUT2D eigenvalue weighted by molar-refractivity contribution is -0.124. The van der Waals surface area contributed by atoms with Gasteiger partial charge in [0.25, 0.3) is 0 Å². The van der Waals surface area contributed by atoms with Crippen LogP contribution in [0.3, 0.4) is 0 Å². The summed E-state index contributed by atoms with van der Waals surface area (Å²) in [7, 11) is 0. The zero-order chi connectivity index (χ0) is 25.7. The third kappa shape index (κ3) is 7.02. The summed E-state index contributed by atoms with van der Waals surface area (Å²) in [5.74, 6) is -0.557. The van der Waals surface area contributed by atoms with Crippen LogP contribution in [0.5, 0.6) is 0 Å². The Morgan fingerprint density at radius 2 is 1.58 bits per heavy atom. The predicted molar refractivity (Wildman–Crippen MR) is 140 cm³/mol. The molecular weight excluding hydrogens is 459 g/mol. The fourth-order valence-corrected chi connectivity index (χ4v) is 4.66. The highest BCUT2D eigenvalue weighted by Gasteiger charge is 2.39. The van der Waals surface area contributed by atoms with E-state index in [-0.39, 0.29) is 41.8 Å². The van der Waals surface area contributed by atoms with Crippen molar-refractivity contribution in [3.63, 3.8) is 0 Å². The molecule has 2 aromatic rings. The van der Waals surface area contributed by atoms with E-state index in [1.165, 1.54) is 12.1 Å². The number of amides is 2. The van der Waals surface area contributed by atoms with Crippen LogP contribution in [-0.4, -0.2) is 73.1 Å². The Morgan fingerprint density at radius 1 is 0.944 bits per heavy atom. The maximum Gasteiger partial charge on any atom is 0.238 e. The molecule has 8 nitrogen and oxygen atoms in total. The van der Waals surface area contributed by atoms with E-state index in [0.29, 0.717) is 38.4 Å². The molecule has 4 rings (SSSR count). The van der Waals surface area contributed by atoms with Gasteiger partial charge in [-0.25, -0.2) is 9.82 Å². The van der Waals surface area contributed by atoms with Gasteiger partial charge in [0.05, 0.1) is 18.8 Å². The van der Waals surface area contributed by atoms with Gasteiger partial charge in [0, 0.05) is 44.3 Å². The van der Waals surface area contributed by atoms with Gasteiger partial charge < -0.3 is 10.6 Å². The molecule has 2 saturated heterocycles. The smallest absolute Gasteiger partial charge is 0.238 e. The molecule has 3 N–H and O–H groups in total. The first kappa shape index (κ1) is 26.1. The number of para-hydroxylation sites is 1. The van der Waals surface area contributed by atoms with Crippen molar-refractivity contribution in [1.82, 2.24) is 20.5 Å². The van der Waals surface area contributed by atoms with Gasteiger partial charge >= 0.3 is 0 Å². The molecule has 2 heterocycles. The molecule has 2 unspecified atom stereocenters. The number of anilines is 2. The molecule has 0 bridgehead atoms. The molecule has 36 heavy (non-hydrogen) atoms. The molecular formula is C27H37FN6O2. The van der Waals surface area contributed by atoms with Crippen LogP contribution >= 0.6 is 0 Å². The molecule has 0 spiro atoms. The zero-order valence-corrected chi connectivity index (χ0v) is 21.3. The first-order valence-electron chi connectivity index (χ1n) is 12.6. The molecule has 0 saturated carbocycles. The van der Waals surface area contributed by atoms with E-state index in [9.17, 15) is 14.0 Å². The summed E-state index contributed by atoms with van der Waals surface area (Å²) in [6.45, 7) is 9.97. The molecule has 2 amide bonds. The Kier molecular flexibility index (Phi) is 8.23. The van der Waals surface area contributed by atoms with Crippen LogP contribution in [0.4, 0.5) is 15.8 Å². The predicted octanol–water partition coefficient (Wildman–Crippen LogP) is 2.65. The average molecular weight is 497 g/mol. The topological polar surface area (TPSA) is 80.0 Å². The van der Waals surface area contributed by atoms with Crippen molar-refractivity contribution in [2.45, 2.75) is 39.4 Å². The highest BCUT2D eigenvalue weighted by atomic mass is 19.1. The number of halogens is 1. The Bertz CT molecular complexity index is 1040. The average Bonchev–Trinajstić information content (AvgIpc) is 3.25. The van der Waals surface area contributed by atoms with Crippen LogP contribution in [0.2, 0.25) is 0 Å². The van der Waals surface area contributed by atoms with Crippen molar-refractivity contribution >= 4 is 23.2 Å². The number of hydrazine groups is 1. The largest absolute Gasteiger partial charge is 0.333 e. The summed E-state index contributed by atoms with van der Waals surface area (Å²) in [5.41, 5.74) is 5.13. The van der Waals surface area contributed by atoms with Crippen LogP contribution in [0, 0.1) is 11.2 Å². The summed E-state index contributed by atoms with van der Waals surface area (Å²) in [4.78, 5) is 29.5. The summed E-state index contributed by atoms with van der Waals surface area (Å²) >= 11 is 0. The highest BCUT2D eigenvalue weighted by Crippen LogP contribution is 2.31. The van der Waals surface area contributed by atoms with Crippen LogP contribution in [0.1, 0.15) is 27.2 Å². The van der Waals surface area contributed by atoms with Crippen molar-refractivity contribution in [1.29, 1.82) is 0 Å². The Morgan fingerprint density at radius 3 is 2.19 bits per heavy atom. The highest BCUT2D eigenvalue weighted by molar-refractivity contribution is 5.92. The molecule has 0 radical (unpaired) electrons. The number of hydrogen-bond acceptors (Lipinski definition) is 6. The minimum atomic E-state index is -0.381. The minimum Gasteiger partial charge on any atom is -0.333 e. The molecule has 194 valence electrons. The van der Waals surface area contributed by atoms with Gasteiger partial charge in [-0.1, -0.05) is 45.0 Å². The minimum absolute atomic E-state index is 0.00501. The van der Waals surface area contributed by atoms with Crippen LogP contribution < -0.4 is 21.1 Å². The number of hydrogen-bond donors (Lipinski definition) is 3. The normalized spacial score (nSPS) is 21.4. The van der Waals surface area contributed by atoms with Crippen LogP contribution in [0.15, 0.2) is 54.6 Å². The van der Waals surface area contributed by atoms with Crippen LogP contribution in [-0.2, 0) is 9.59 Å². The fraction of sp³-hybridized carbons (Fsp3) is 0.481. The van der Waals surface area contributed by atoms with Gasteiger partial charge in [0.15, 0.2) is 0 Å². The number of carbonyl (C=O) groups excluding carboxylic acids is 2. The molecule has 2 fully saturated rings. The second-order valence-electron chi connectivity index (χ2n) is 10.7. The second kappa shape index (κ2) is 11.4. The van der Waals surface area contributed by atoms with Crippen molar-refractivity contribution in [3.05, 3.63) is 60.4 Å². The van der Waals surface area contributed by atoms with Crippen LogP contribution in [0.25, 0.3) is 0 Å². The van der Waals surface area contributed by atoms with E-state index in [1.807, 2.05) is 30.3 Å².